The normalized spacial score (nSPS) is 12.5. The fourth-order valence-electron chi connectivity index (χ4n) is 4.13. The summed E-state index contributed by atoms with van der Waals surface area (Å²) in [7, 11) is 0. The lowest BCUT2D eigenvalue weighted by Crippen LogP contribution is -2.13. The number of hydrogen-bond acceptors (Lipinski definition) is 6. The number of carbonyl (C=O) groups excluding carboxylic acids is 1. The largest absolute Gasteiger partial charge is 0.491 e. The predicted molar refractivity (Wildman–Crippen MR) is 132 cm³/mol. The highest BCUT2D eigenvalue weighted by Crippen LogP contribution is 2.39. The van der Waals surface area contributed by atoms with Gasteiger partial charge >= 0.3 is 5.97 Å². The summed E-state index contributed by atoms with van der Waals surface area (Å²) in [6.45, 7) is 6.24. The molecule has 0 aliphatic carbocycles. The molecule has 1 aliphatic heterocycles. The Morgan fingerprint density at radius 1 is 0.970 bits per heavy atom. The van der Waals surface area contributed by atoms with Crippen molar-refractivity contribution in [1.29, 1.82) is 5.53 Å². The predicted octanol–water partition coefficient (Wildman–Crippen LogP) is 7.74. The highest BCUT2D eigenvalue weighted by Gasteiger charge is 2.23. The molecule has 0 aromatic heterocycles. The summed E-state index contributed by atoms with van der Waals surface area (Å²) < 4.78 is 11.4. The van der Waals surface area contributed by atoms with Gasteiger partial charge < -0.3 is 14.4 Å². The van der Waals surface area contributed by atoms with Crippen LogP contribution in [0.3, 0.4) is 0 Å². The van der Waals surface area contributed by atoms with Gasteiger partial charge in [0.1, 0.15) is 11.4 Å². The van der Waals surface area contributed by atoms with Crippen LogP contribution >= 0.6 is 0 Å². The minimum atomic E-state index is -0.253. The number of nitrogens with zero attached hydrogens (tertiary/aromatic N) is 2. The zero-order chi connectivity index (χ0) is 23.5. The lowest BCUT2D eigenvalue weighted by molar-refractivity contribution is 0.0499. The Morgan fingerprint density at radius 3 is 2.55 bits per heavy atom. The fourth-order valence-corrected chi connectivity index (χ4v) is 4.13. The van der Waals surface area contributed by atoms with E-state index >= 15 is 0 Å². The van der Waals surface area contributed by atoms with E-state index in [9.17, 15) is 4.79 Å². The molecule has 0 atom stereocenters. The smallest absolute Gasteiger partial charge is 0.338 e. The van der Waals surface area contributed by atoms with Crippen LogP contribution in [-0.4, -0.2) is 25.7 Å². The molecule has 178 valence electrons. The van der Waals surface area contributed by atoms with Crippen LogP contribution in [0.4, 0.5) is 17.1 Å². The summed E-state index contributed by atoms with van der Waals surface area (Å²) in [5, 5.41) is 3.64. The van der Waals surface area contributed by atoms with Crippen molar-refractivity contribution in [2.45, 2.75) is 71.6 Å². The Balaban J connectivity index is 1.65. The molecule has 0 spiro atoms. The Kier molecular flexibility index (Phi) is 9.73. The molecule has 0 saturated carbocycles. The van der Waals surface area contributed by atoms with Crippen LogP contribution in [0.15, 0.2) is 41.5 Å². The molecule has 0 radical (unpaired) electrons. The van der Waals surface area contributed by atoms with E-state index < -0.39 is 0 Å². The number of ether oxygens (including phenoxy) is 2. The van der Waals surface area contributed by atoms with Crippen molar-refractivity contribution in [3.63, 3.8) is 0 Å². The first-order valence-corrected chi connectivity index (χ1v) is 12.4. The maximum Gasteiger partial charge on any atom is 0.338 e. The number of carbonyl (C=O) groups is 1. The average Bonchev–Trinajstić information content (AvgIpc) is 3.26. The van der Waals surface area contributed by atoms with Crippen LogP contribution < -0.4 is 9.64 Å². The van der Waals surface area contributed by atoms with E-state index in [4.69, 9.17) is 15.0 Å². The summed E-state index contributed by atoms with van der Waals surface area (Å²) >= 11 is 0. The van der Waals surface area contributed by atoms with E-state index in [0.717, 1.165) is 55.6 Å². The maximum absolute atomic E-state index is 12.3. The first-order valence-electron chi connectivity index (χ1n) is 12.4. The summed E-state index contributed by atoms with van der Waals surface area (Å²) in [5.41, 5.74) is 11.9. The third-order valence-corrected chi connectivity index (χ3v) is 6.07. The standard InChI is InChI=1S/C27H37N3O3/c1-3-5-7-8-9-10-18-32-26-20-23(12-13-24(26)29-28)30-16-15-21-19-22(11-14-25(21)30)27(31)33-17-6-4-2/h11-14,19-20,28H,3-10,15-18H2,1-2H3. The van der Waals surface area contributed by atoms with E-state index in [1.165, 1.54) is 25.7 Å². The minimum absolute atomic E-state index is 0.253. The molecule has 3 rings (SSSR count). The van der Waals surface area contributed by atoms with Crippen LogP contribution in [0.5, 0.6) is 5.75 Å². The third kappa shape index (κ3) is 6.80. The summed E-state index contributed by atoms with van der Waals surface area (Å²) in [6.07, 6.45) is 10.00. The van der Waals surface area contributed by atoms with Crippen molar-refractivity contribution in [2.24, 2.45) is 5.11 Å². The van der Waals surface area contributed by atoms with Crippen molar-refractivity contribution in [1.82, 2.24) is 0 Å². The van der Waals surface area contributed by atoms with E-state index in [1.807, 2.05) is 36.4 Å². The maximum atomic E-state index is 12.3. The van der Waals surface area contributed by atoms with Crippen molar-refractivity contribution in [3.05, 3.63) is 47.5 Å². The zero-order valence-electron chi connectivity index (χ0n) is 20.1. The van der Waals surface area contributed by atoms with Gasteiger partial charge in [-0.25, -0.2) is 10.3 Å². The monoisotopic (exact) mass is 451 g/mol. The van der Waals surface area contributed by atoms with Crippen molar-refractivity contribution in [2.75, 3.05) is 24.7 Å². The summed E-state index contributed by atoms with van der Waals surface area (Å²) in [6, 6.07) is 11.6. The van der Waals surface area contributed by atoms with Gasteiger partial charge in [-0.3, -0.25) is 0 Å². The number of rotatable bonds is 14. The Hall–Kier alpha value is -2.89. The van der Waals surface area contributed by atoms with Crippen LogP contribution in [0, 0.1) is 5.53 Å². The van der Waals surface area contributed by atoms with Crippen molar-refractivity contribution >= 4 is 23.0 Å². The first-order chi connectivity index (χ1) is 16.2. The number of esters is 1. The molecular formula is C27H37N3O3. The SMILES string of the molecule is CCCCCCCCOc1cc(N2CCc3cc(C(=O)OCCCC)ccc32)ccc1N=N. The molecule has 33 heavy (non-hydrogen) atoms. The van der Waals surface area contributed by atoms with Gasteiger partial charge in [0.25, 0.3) is 0 Å². The van der Waals surface area contributed by atoms with E-state index in [-0.39, 0.29) is 5.97 Å². The number of nitrogens with one attached hydrogen (secondary N) is 1. The number of benzene rings is 2. The van der Waals surface area contributed by atoms with Gasteiger partial charge in [-0.1, -0.05) is 52.4 Å². The Morgan fingerprint density at radius 2 is 1.76 bits per heavy atom. The molecule has 0 bridgehead atoms. The third-order valence-electron chi connectivity index (χ3n) is 6.07. The summed E-state index contributed by atoms with van der Waals surface area (Å²) in [5.74, 6) is 0.400. The van der Waals surface area contributed by atoms with Gasteiger partial charge in [0.15, 0.2) is 0 Å². The topological polar surface area (TPSA) is 75.0 Å². The molecule has 1 N–H and O–H groups in total. The molecule has 0 saturated heterocycles. The van der Waals surface area contributed by atoms with Gasteiger partial charge in [-0.05, 0) is 55.2 Å². The average molecular weight is 452 g/mol. The molecule has 1 heterocycles. The Bertz CT molecular complexity index is 929. The second kappa shape index (κ2) is 13.0. The lowest BCUT2D eigenvalue weighted by atomic mass is 10.1. The van der Waals surface area contributed by atoms with Gasteiger partial charge in [0.2, 0.25) is 0 Å². The number of hydrogen-bond donors (Lipinski definition) is 1. The van der Waals surface area contributed by atoms with Crippen molar-refractivity contribution < 1.29 is 14.3 Å². The first kappa shape index (κ1) is 24.7. The number of fused-ring (bicyclic) bond motifs is 1. The highest BCUT2D eigenvalue weighted by atomic mass is 16.5. The molecule has 1 aliphatic rings. The summed E-state index contributed by atoms with van der Waals surface area (Å²) in [4.78, 5) is 14.5. The van der Waals surface area contributed by atoms with Gasteiger partial charge in [-0.15, -0.1) is 0 Å². The zero-order valence-corrected chi connectivity index (χ0v) is 20.1. The molecule has 6 heteroatoms. The molecule has 6 nitrogen and oxygen atoms in total. The van der Waals surface area contributed by atoms with Gasteiger partial charge in [0.05, 0.1) is 18.8 Å². The molecular weight excluding hydrogens is 414 g/mol. The molecule has 2 aromatic carbocycles. The van der Waals surface area contributed by atoms with Gasteiger partial charge in [-0.2, -0.15) is 5.11 Å². The highest BCUT2D eigenvalue weighted by molar-refractivity contribution is 5.91. The lowest BCUT2D eigenvalue weighted by Gasteiger charge is -2.21. The number of unbranched alkanes of at least 4 members (excludes halogenated alkanes) is 6. The second-order valence-corrected chi connectivity index (χ2v) is 8.61. The minimum Gasteiger partial charge on any atom is -0.491 e. The molecule has 0 unspecified atom stereocenters. The van der Waals surface area contributed by atoms with Crippen LogP contribution in [0.2, 0.25) is 0 Å². The van der Waals surface area contributed by atoms with Crippen LogP contribution in [0.25, 0.3) is 0 Å². The van der Waals surface area contributed by atoms with Gasteiger partial charge in [0, 0.05) is 24.0 Å². The molecule has 0 amide bonds. The van der Waals surface area contributed by atoms with E-state index in [2.05, 4.69) is 23.9 Å². The molecule has 2 aromatic rings. The fraction of sp³-hybridized carbons (Fsp3) is 0.519. The van der Waals surface area contributed by atoms with Crippen LogP contribution in [-0.2, 0) is 11.2 Å². The Labute approximate surface area is 197 Å². The van der Waals surface area contributed by atoms with E-state index in [1.54, 1.807) is 0 Å². The van der Waals surface area contributed by atoms with E-state index in [0.29, 0.717) is 30.2 Å². The quantitative estimate of drug-likeness (QED) is 0.181. The molecule has 0 fully saturated rings. The van der Waals surface area contributed by atoms with Crippen molar-refractivity contribution in [3.8, 4) is 5.75 Å². The van der Waals surface area contributed by atoms with Crippen LogP contribution in [0.1, 0.15) is 81.1 Å². The second-order valence-electron chi connectivity index (χ2n) is 8.61. The number of anilines is 2.